The Kier molecular flexibility index (Phi) is 8.69. The predicted molar refractivity (Wildman–Crippen MR) is 140 cm³/mol. The van der Waals surface area contributed by atoms with Crippen molar-refractivity contribution < 1.29 is 14.4 Å². The van der Waals surface area contributed by atoms with E-state index in [1.807, 2.05) is 41.8 Å². The normalized spacial score (nSPS) is 19.7. The number of benzene rings is 1. The average molecular weight is 483 g/mol. The van der Waals surface area contributed by atoms with Gasteiger partial charge in [-0.15, -0.1) is 0 Å². The van der Waals surface area contributed by atoms with Gasteiger partial charge in [-0.2, -0.15) is 0 Å². The molecule has 1 aromatic carbocycles. The first-order valence-corrected chi connectivity index (χ1v) is 13.7. The molecule has 2 saturated heterocycles. The summed E-state index contributed by atoms with van der Waals surface area (Å²) in [6.45, 7) is 8.62. The van der Waals surface area contributed by atoms with Gasteiger partial charge in [0.25, 0.3) is 5.91 Å². The maximum Gasteiger partial charge on any atom is 0.256 e. The number of piperidine rings is 1. The van der Waals surface area contributed by atoms with E-state index >= 15 is 0 Å². The first-order valence-electron chi connectivity index (χ1n) is 13.7. The molecule has 0 aromatic heterocycles. The second-order valence-corrected chi connectivity index (χ2v) is 10.9. The molecule has 0 bridgehead atoms. The zero-order chi connectivity index (χ0) is 24.8. The van der Waals surface area contributed by atoms with E-state index in [4.69, 9.17) is 0 Å². The van der Waals surface area contributed by atoms with Crippen molar-refractivity contribution in [1.82, 2.24) is 9.80 Å². The van der Waals surface area contributed by atoms with Crippen LogP contribution in [0.25, 0.3) is 0 Å². The first-order chi connectivity index (χ1) is 16.9. The van der Waals surface area contributed by atoms with Gasteiger partial charge in [-0.3, -0.25) is 14.4 Å². The lowest BCUT2D eigenvalue weighted by atomic mass is 10.1. The number of nitrogens with one attached hydrogen (secondary N) is 1. The van der Waals surface area contributed by atoms with Gasteiger partial charge in [0, 0.05) is 63.0 Å². The highest BCUT2D eigenvalue weighted by molar-refractivity contribution is 6.02. The maximum atomic E-state index is 13.6. The summed E-state index contributed by atoms with van der Waals surface area (Å²) in [7, 11) is 0. The molecule has 3 aliphatic rings. The zero-order valence-corrected chi connectivity index (χ0v) is 21.6. The van der Waals surface area contributed by atoms with E-state index in [9.17, 15) is 14.4 Å². The fraction of sp³-hybridized carbons (Fsp3) is 0.679. The number of rotatable bonds is 6. The number of nitrogens with zero attached hydrogens (tertiary/aromatic N) is 3. The van der Waals surface area contributed by atoms with Crippen molar-refractivity contribution >= 4 is 29.1 Å². The minimum absolute atomic E-state index is 0.0278. The fourth-order valence-electron chi connectivity index (χ4n) is 5.72. The molecule has 2 aliphatic heterocycles. The number of hydrogen-bond donors (Lipinski definition) is 1. The quantitative estimate of drug-likeness (QED) is 0.647. The van der Waals surface area contributed by atoms with E-state index in [-0.39, 0.29) is 23.7 Å². The maximum absolute atomic E-state index is 13.6. The van der Waals surface area contributed by atoms with E-state index in [1.54, 1.807) is 0 Å². The van der Waals surface area contributed by atoms with Crippen molar-refractivity contribution in [2.24, 2.45) is 11.8 Å². The minimum atomic E-state index is -0.0278. The molecule has 2 heterocycles. The second kappa shape index (κ2) is 11.9. The summed E-state index contributed by atoms with van der Waals surface area (Å²) in [4.78, 5) is 45.3. The largest absolute Gasteiger partial charge is 0.369 e. The Labute approximate surface area is 210 Å². The molecule has 0 radical (unpaired) electrons. The van der Waals surface area contributed by atoms with Crippen LogP contribution in [0.2, 0.25) is 0 Å². The van der Waals surface area contributed by atoms with Crippen molar-refractivity contribution in [2.45, 2.75) is 71.6 Å². The van der Waals surface area contributed by atoms with Gasteiger partial charge in [0.1, 0.15) is 0 Å². The van der Waals surface area contributed by atoms with Gasteiger partial charge in [0.15, 0.2) is 0 Å². The number of likely N-dealkylation sites (tertiary alicyclic amines) is 1. The fourth-order valence-corrected chi connectivity index (χ4v) is 5.72. The molecule has 0 atom stereocenters. The lowest BCUT2D eigenvalue weighted by Gasteiger charge is -2.31. The van der Waals surface area contributed by atoms with Crippen molar-refractivity contribution in [3.05, 3.63) is 23.8 Å². The van der Waals surface area contributed by atoms with Crippen LogP contribution in [0.5, 0.6) is 0 Å². The molecule has 3 amide bonds. The topological polar surface area (TPSA) is 73.0 Å². The lowest BCUT2D eigenvalue weighted by Crippen LogP contribution is -2.39. The van der Waals surface area contributed by atoms with E-state index in [0.29, 0.717) is 30.1 Å². The van der Waals surface area contributed by atoms with Crippen molar-refractivity contribution in [3.8, 4) is 0 Å². The van der Waals surface area contributed by atoms with Gasteiger partial charge in [-0.05, 0) is 62.6 Å². The van der Waals surface area contributed by atoms with Crippen LogP contribution in [-0.4, -0.2) is 66.8 Å². The second-order valence-electron chi connectivity index (χ2n) is 10.9. The van der Waals surface area contributed by atoms with Gasteiger partial charge in [-0.25, -0.2) is 0 Å². The minimum Gasteiger partial charge on any atom is -0.369 e. The van der Waals surface area contributed by atoms with E-state index in [1.165, 1.54) is 19.3 Å². The molecular formula is C28H42N4O3. The highest BCUT2D eigenvalue weighted by Gasteiger charge is 2.30. The molecule has 1 N–H and O–H groups in total. The molecule has 1 aliphatic carbocycles. The number of anilines is 2. The Morgan fingerprint density at radius 3 is 2.29 bits per heavy atom. The number of carbonyl (C=O) groups is 3. The Morgan fingerprint density at radius 1 is 0.857 bits per heavy atom. The summed E-state index contributed by atoms with van der Waals surface area (Å²) < 4.78 is 0. The van der Waals surface area contributed by atoms with E-state index < -0.39 is 0 Å². The molecule has 35 heavy (non-hydrogen) atoms. The van der Waals surface area contributed by atoms with Crippen LogP contribution >= 0.6 is 0 Å². The monoisotopic (exact) mass is 482 g/mol. The molecule has 1 saturated carbocycles. The van der Waals surface area contributed by atoms with Gasteiger partial charge >= 0.3 is 0 Å². The smallest absolute Gasteiger partial charge is 0.256 e. The summed E-state index contributed by atoms with van der Waals surface area (Å²) in [5.41, 5.74) is 2.25. The van der Waals surface area contributed by atoms with Crippen LogP contribution in [-0.2, 0) is 9.59 Å². The zero-order valence-electron chi connectivity index (χ0n) is 21.6. The predicted octanol–water partition coefficient (Wildman–Crippen LogP) is 4.53. The van der Waals surface area contributed by atoms with Crippen LogP contribution in [0.15, 0.2) is 18.2 Å². The standard InChI is InChI=1S/C28H42N4O3/c1-21(2)19-26(33)29-23-11-12-25(24(20-23)28(35)31-13-6-3-7-14-31)30-15-8-16-32(18-17-30)27(34)22-9-4-5-10-22/h11-12,20-22H,3-10,13-19H2,1-2H3,(H,29,33). The lowest BCUT2D eigenvalue weighted by molar-refractivity contribution is -0.135. The highest BCUT2D eigenvalue weighted by Crippen LogP contribution is 2.30. The summed E-state index contributed by atoms with van der Waals surface area (Å²) in [5, 5.41) is 2.99. The summed E-state index contributed by atoms with van der Waals surface area (Å²) in [5.74, 6) is 0.808. The van der Waals surface area contributed by atoms with Crippen LogP contribution in [0.1, 0.15) is 82.0 Å². The molecule has 3 fully saturated rings. The van der Waals surface area contributed by atoms with Crippen LogP contribution in [0.3, 0.4) is 0 Å². The molecule has 4 rings (SSSR count). The molecule has 7 nitrogen and oxygen atoms in total. The van der Waals surface area contributed by atoms with Crippen LogP contribution in [0, 0.1) is 11.8 Å². The van der Waals surface area contributed by atoms with Crippen LogP contribution in [0.4, 0.5) is 11.4 Å². The number of hydrogen-bond acceptors (Lipinski definition) is 4. The van der Waals surface area contributed by atoms with Gasteiger partial charge in [-0.1, -0.05) is 26.7 Å². The van der Waals surface area contributed by atoms with E-state index in [0.717, 1.165) is 70.5 Å². The third-order valence-corrected chi connectivity index (χ3v) is 7.60. The molecule has 0 unspecified atom stereocenters. The van der Waals surface area contributed by atoms with Crippen molar-refractivity contribution in [3.63, 3.8) is 0 Å². The first kappa shape index (κ1) is 25.5. The third kappa shape index (κ3) is 6.56. The van der Waals surface area contributed by atoms with Crippen molar-refractivity contribution in [1.29, 1.82) is 0 Å². The SMILES string of the molecule is CC(C)CC(=O)Nc1ccc(N2CCCN(C(=O)C3CCCC3)CC2)c(C(=O)N2CCCCC2)c1. The van der Waals surface area contributed by atoms with Crippen LogP contribution < -0.4 is 10.2 Å². The van der Waals surface area contributed by atoms with E-state index in [2.05, 4.69) is 10.2 Å². The number of carbonyl (C=O) groups excluding carboxylic acids is 3. The number of amides is 3. The Morgan fingerprint density at radius 2 is 1.57 bits per heavy atom. The molecular weight excluding hydrogens is 440 g/mol. The molecule has 1 aromatic rings. The summed E-state index contributed by atoms with van der Waals surface area (Å²) in [6.07, 6.45) is 8.96. The van der Waals surface area contributed by atoms with Gasteiger partial charge in [0.2, 0.25) is 11.8 Å². The molecule has 7 heteroatoms. The Balaban J connectivity index is 1.53. The molecule has 0 spiro atoms. The molecule has 192 valence electrons. The highest BCUT2D eigenvalue weighted by atomic mass is 16.2. The Hall–Kier alpha value is -2.57. The summed E-state index contributed by atoms with van der Waals surface area (Å²) >= 11 is 0. The average Bonchev–Trinajstić information content (AvgIpc) is 3.28. The van der Waals surface area contributed by atoms with Gasteiger partial charge in [0.05, 0.1) is 5.56 Å². The summed E-state index contributed by atoms with van der Waals surface area (Å²) in [6, 6.07) is 5.75. The third-order valence-electron chi connectivity index (χ3n) is 7.60. The Bertz CT molecular complexity index is 903. The van der Waals surface area contributed by atoms with Crippen molar-refractivity contribution in [2.75, 3.05) is 49.5 Å². The van der Waals surface area contributed by atoms with Gasteiger partial charge < -0.3 is 20.0 Å².